The molecule has 1 N–H and O–H groups in total. The number of nitrogens with one attached hydrogen (secondary N) is 1. The largest absolute Gasteiger partial charge is 0.467 e. The van der Waals surface area contributed by atoms with Crippen molar-refractivity contribution in [3.63, 3.8) is 0 Å². The Kier molecular flexibility index (Phi) is 5.89. The van der Waals surface area contributed by atoms with Gasteiger partial charge >= 0.3 is 11.9 Å². The fourth-order valence-electron chi connectivity index (χ4n) is 3.42. The summed E-state index contributed by atoms with van der Waals surface area (Å²) in [6.07, 6.45) is 2.80. The summed E-state index contributed by atoms with van der Waals surface area (Å²) < 4.78 is 9.33. The van der Waals surface area contributed by atoms with Gasteiger partial charge in [-0.3, -0.25) is 4.79 Å². The van der Waals surface area contributed by atoms with Crippen LogP contribution >= 0.6 is 0 Å². The van der Waals surface area contributed by atoms with Crippen molar-refractivity contribution in [2.24, 2.45) is 0 Å². The first-order valence-corrected chi connectivity index (χ1v) is 8.87. The number of ether oxygens (including phenoxy) is 2. The fraction of sp³-hybridized carbons (Fsp3) is 0.227. The summed E-state index contributed by atoms with van der Waals surface area (Å²) in [5, 5.41) is 2.77. The van der Waals surface area contributed by atoms with E-state index < -0.39 is 23.9 Å². The van der Waals surface area contributed by atoms with Crippen molar-refractivity contribution in [2.45, 2.75) is 18.4 Å². The summed E-state index contributed by atoms with van der Waals surface area (Å²) in [7, 11) is 2.52. The molecule has 1 aliphatic rings. The van der Waals surface area contributed by atoms with Crippen LogP contribution in [0, 0.1) is 0 Å². The van der Waals surface area contributed by atoms with Crippen LogP contribution in [0.2, 0.25) is 0 Å². The zero-order chi connectivity index (χ0) is 20.1. The first-order valence-electron chi connectivity index (χ1n) is 8.87. The zero-order valence-corrected chi connectivity index (χ0v) is 15.7. The van der Waals surface area contributed by atoms with Gasteiger partial charge in [0.05, 0.1) is 20.1 Å². The van der Waals surface area contributed by atoms with Gasteiger partial charge in [0, 0.05) is 6.08 Å². The number of esters is 2. The molecule has 1 amide bonds. The van der Waals surface area contributed by atoms with Crippen LogP contribution in [0.3, 0.4) is 0 Å². The molecule has 2 aromatic rings. The number of fused-ring (bicyclic) bond motifs is 3. The van der Waals surface area contributed by atoms with E-state index in [0.717, 1.165) is 22.3 Å². The van der Waals surface area contributed by atoms with E-state index in [-0.39, 0.29) is 12.3 Å². The number of benzene rings is 2. The monoisotopic (exact) mass is 379 g/mol. The van der Waals surface area contributed by atoms with Gasteiger partial charge in [-0.1, -0.05) is 54.6 Å². The quantitative estimate of drug-likeness (QED) is 0.616. The summed E-state index contributed by atoms with van der Waals surface area (Å²) >= 11 is 0. The van der Waals surface area contributed by atoms with E-state index in [1.165, 1.54) is 26.4 Å². The Balaban J connectivity index is 1.85. The minimum atomic E-state index is -0.904. The number of carbonyl (C=O) groups is 3. The number of hydrogen-bond acceptors (Lipinski definition) is 5. The topological polar surface area (TPSA) is 81.7 Å². The molecule has 0 spiro atoms. The highest BCUT2D eigenvalue weighted by atomic mass is 16.5. The van der Waals surface area contributed by atoms with E-state index in [0.29, 0.717) is 0 Å². The lowest BCUT2D eigenvalue weighted by Gasteiger charge is -2.19. The zero-order valence-electron chi connectivity index (χ0n) is 15.7. The molecule has 6 heteroatoms. The molecule has 0 aromatic heterocycles. The van der Waals surface area contributed by atoms with Crippen molar-refractivity contribution in [3.05, 3.63) is 71.8 Å². The average molecular weight is 379 g/mol. The maximum atomic E-state index is 13.1. The highest BCUT2D eigenvalue weighted by Gasteiger charge is 2.35. The summed E-state index contributed by atoms with van der Waals surface area (Å²) in [5.41, 5.74) is 3.82. The second-order valence-corrected chi connectivity index (χ2v) is 6.35. The van der Waals surface area contributed by atoms with Crippen LogP contribution in [0.5, 0.6) is 0 Å². The van der Waals surface area contributed by atoms with Crippen molar-refractivity contribution in [1.82, 2.24) is 5.32 Å². The van der Waals surface area contributed by atoms with E-state index in [9.17, 15) is 14.4 Å². The van der Waals surface area contributed by atoms with Gasteiger partial charge < -0.3 is 14.8 Å². The number of rotatable bonds is 6. The average Bonchev–Trinajstić information content (AvgIpc) is 3.06. The number of carbonyl (C=O) groups excluding carboxylic acids is 3. The van der Waals surface area contributed by atoms with Gasteiger partial charge in [0.2, 0.25) is 5.91 Å². The summed E-state index contributed by atoms with van der Waals surface area (Å²) in [6.45, 7) is 0. The van der Waals surface area contributed by atoms with Crippen molar-refractivity contribution in [3.8, 4) is 11.1 Å². The van der Waals surface area contributed by atoms with Gasteiger partial charge in [0.25, 0.3) is 0 Å². The molecule has 0 radical (unpaired) electrons. The van der Waals surface area contributed by atoms with Crippen LogP contribution in [0.4, 0.5) is 0 Å². The second-order valence-electron chi connectivity index (χ2n) is 6.35. The van der Waals surface area contributed by atoms with Crippen LogP contribution in [-0.4, -0.2) is 38.1 Å². The molecule has 1 aliphatic carbocycles. The van der Waals surface area contributed by atoms with Crippen molar-refractivity contribution < 1.29 is 23.9 Å². The van der Waals surface area contributed by atoms with Crippen LogP contribution in [-0.2, 0) is 23.9 Å². The SMILES string of the molecule is COC(=O)/C=C/C[C@@H](NC(=O)C1c2ccccc2-c2ccccc21)C(=O)OC. The minimum Gasteiger partial charge on any atom is -0.467 e. The van der Waals surface area contributed by atoms with Crippen LogP contribution < -0.4 is 5.32 Å². The summed E-state index contributed by atoms with van der Waals surface area (Å²) in [4.78, 5) is 36.5. The third-order valence-corrected chi connectivity index (χ3v) is 4.73. The molecule has 144 valence electrons. The van der Waals surface area contributed by atoms with E-state index in [1.807, 2.05) is 48.5 Å². The van der Waals surface area contributed by atoms with Gasteiger partial charge in [-0.25, -0.2) is 9.59 Å². The van der Waals surface area contributed by atoms with Crippen molar-refractivity contribution in [2.75, 3.05) is 14.2 Å². The minimum absolute atomic E-state index is 0.115. The molecule has 0 aliphatic heterocycles. The Labute approximate surface area is 163 Å². The molecule has 0 heterocycles. The molecule has 0 saturated carbocycles. The molecule has 28 heavy (non-hydrogen) atoms. The lowest BCUT2D eigenvalue weighted by Crippen LogP contribution is -2.43. The molecule has 3 rings (SSSR count). The van der Waals surface area contributed by atoms with Gasteiger partial charge in [0.1, 0.15) is 6.04 Å². The summed E-state index contributed by atoms with van der Waals surface area (Å²) in [6, 6.07) is 14.6. The lowest BCUT2D eigenvalue weighted by molar-refractivity contribution is -0.145. The van der Waals surface area contributed by atoms with Gasteiger partial charge in [-0.05, 0) is 28.7 Å². The number of amides is 1. The maximum absolute atomic E-state index is 13.1. The Morgan fingerprint density at radius 1 is 0.964 bits per heavy atom. The molecule has 6 nitrogen and oxygen atoms in total. The molecule has 1 atom stereocenters. The molecule has 0 bridgehead atoms. The Bertz CT molecular complexity index is 889. The van der Waals surface area contributed by atoms with Crippen LogP contribution in [0.1, 0.15) is 23.5 Å². The molecule has 2 aromatic carbocycles. The number of hydrogen-bond donors (Lipinski definition) is 1. The fourth-order valence-corrected chi connectivity index (χ4v) is 3.42. The third kappa shape index (κ3) is 3.81. The smallest absolute Gasteiger partial charge is 0.330 e. The molecular formula is C22H21NO5. The normalized spacial score (nSPS) is 13.5. The van der Waals surface area contributed by atoms with E-state index in [4.69, 9.17) is 4.74 Å². The predicted octanol–water partition coefficient (Wildman–Crippen LogP) is 2.58. The van der Waals surface area contributed by atoms with E-state index in [1.54, 1.807) is 0 Å². The highest BCUT2D eigenvalue weighted by molar-refractivity contribution is 5.97. The van der Waals surface area contributed by atoms with Crippen LogP contribution in [0.15, 0.2) is 60.7 Å². The Hall–Kier alpha value is -3.41. The first kappa shape index (κ1) is 19.4. The standard InChI is InChI=1S/C22H21NO5/c1-27-19(24)13-7-12-18(22(26)28-2)23-21(25)20-16-10-5-3-8-14(16)15-9-4-6-11-17(15)20/h3-11,13,18,20H,12H2,1-2H3,(H,23,25)/b13-7+/t18-/m1/s1. The lowest BCUT2D eigenvalue weighted by atomic mass is 9.95. The first-order chi connectivity index (χ1) is 13.6. The third-order valence-electron chi connectivity index (χ3n) is 4.73. The Morgan fingerprint density at radius 2 is 1.54 bits per heavy atom. The molecule has 0 fully saturated rings. The van der Waals surface area contributed by atoms with E-state index in [2.05, 4.69) is 10.1 Å². The number of methoxy groups -OCH3 is 2. The molecule has 0 unspecified atom stereocenters. The molecular weight excluding hydrogens is 358 g/mol. The van der Waals surface area contributed by atoms with Gasteiger partial charge in [-0.15, -0.1) is 0 Å². The van der Waals surface area contributed by atoms with E-state index >= 15 is 0 Å². The van der Waals surface area contributed by atoms with Crippen molar-refractivity contribution >= 4 is 17.8 Å². The Morgan fingerprint density at radius 3 is 2.07 bits per heavy atom. The van der Waals surface area contributed by atoms with Crippen molar-refractivity contribution in [1.29, 1.82) is 0 Å². The van der Waals surface area contributed by atoms with Gasteiger partial charge in [-0.2, -0.15) is 0 Å². The predicted molar refractivity (Wildman–Crippen MR) is 103 cm³/mol. The van der Waals surface area contributed by atoms with Gasteiger partial charge in [0.15, 0.2) is 0 Å². The van der Waals surface area contributed by atoms with Crippen LogP contribution in [0.25, 0.3) is 11.1 Å². The highest BCUT2D eigenvalue weighted by Crippen LogP contribution is 2.44. The summed E-state index contributed by atoms with van der Waals surface area (Å²) in [5.74, 6) is -1.92. The maximum Gasteiger partial charge on any atom is 0.330 e. The molecule has 0 saturated heterocycles. The second kappa shape index (κ2) is 8.52.